The molecule has 1 saturated heterocycles. The Hall–Kier alpha value is -0.200. The quantitative estimate of drug-likeness (QED) is 0.423. The Kier molecular flexibility index (Phi) is 4.08. The molecule has 1 rings (SSSR count). The summed E-state index contributed by atoms with van der Waals surface area (Å²) in [5.41, 5.74) is 0. The van der Waals surface area contributed by atoms with Gasteiger partial charge in [0.15, 0.2) is 0 Å². The van der Waals surface area contributed by atoms with E-state index >= 15 is 0 Å². The molecular weight excluding hydrogens is 176 g/mol. The molecule has 1 heterocycles. The van der Waals surface area contributed by atoms with Crippen LogP contribution in [0.2, 0.25) is 0 Å². The van der Waals surface area contributed by atoms with Crippen molar-refractivity contribution in [3.63, 3.8) is 0 Å². The highest BCUT2D eigenvalue weighted by atomic mass is 16.6. The lowest BCUT2D eigenvalue weighted by atomic mass is 10.0. The molecule has 0 saturated carbocycles. The van der Waals surface area contributed by atoms with Crippen LogP contribution in [0.15, 0.2) is 0 Å². The van der Waals surface area contributed by atoms with Crippen molar-refractivity contribution < 1.29 is 25.2 Å². The minimum Gasteiger partial charge on any atom is -0.396 e. The molecule has 0 spiro atoms. The van der Waals surface area contributed by atoms with Crippen LogP contribution in [0.5, 0.6) is 0 Å². The van der Waals surface area contributed by atoms with E-state index in [0.717, 1.165) is 0 Å². The predicted octanol–water partition coefficient (Wildman–Crippen LogP) is -1.76. The fourth-order valence-electron chi connectivity index (χ4n) is 1.51. The maximum Gasteiger partial charge on any atom is 0.111 e. The van der Waals surface area contributed by atoms with Gasteiger partial charge in [0.25, 0.3) is 0 Å². The molecular formula is C8H16O5. The van der Waals surface area contributed by atoms with Crippen LogP contribution in [0, 0.1) is 0 Å². The largest absolute Gasteiger partial charge is 0.396 e. The minimum absolute atomic E-state index is 0.0342. The summed E-state index contributed by atoms with van der Waals surface area (Å²) >= 11 is 0. The third-order valence-corrected chi connectivity index (χ3v) is 2.29. The van der Waals surface area contributed by atoms with Crippen LogP contribution in [0.25, 0.3) is 0 Å². The standard InChI is InChI=1S/C8H16O5/c9-3-1-2-5-7(11)8(12)6(4-10)13-5/h5-12H,1-4H2/t5-,6-,7-,8-/m1/s1. The molecule has 1 fully saturated rings. The average Bonchev–Trinajstić information content (AvgIpc) is 2.41. The minimum atomic E-state index is -1.02. The normalized spacial score (nSPS) is 39.7. The first-order chi connectivity index (χ1) is 6.20. The number of aliphatic hydroxyl groups is 4. The first-order valence-corrected chi connectivity index (χ1v) is 4.44. The summed E-state index contributed by atoms with van der Waals surface area (Å²) in [6.07, 6.45) is -2.13. The summed E-state index contributed by atoms with van der Waals surface area (Å²) in [7, 11) is 0. The van der Waals surface area contributed by atoms with Gasteiger partial charge in [-0.25, -0.2) is 0 Å². The Morgan fingerprint density at radius 2 is 1.62 bits per heavy atom. The highest BCUT2D eigenvalue weighted by molar-refractivity contribution is 4.89. The summed E-state index contributed by atoms with van der Waals surface area (Å²) in [5, 5.41) is 36.1. The Morgan fingerprint density at radius 3 is 2.08 bits per heavy atom. The molecule has 4 N–H and O–H groups in total. The Bertz CT molecular complexity index is 151. The highest BCUT2D eigenvalue weighted by Crippen LogP contribution is 2.23. The maximum absolute atomic E-state index is 9.42. The zero-order valence-corrected chi connectivity index (χ0v) is 7.33. The van der Waals surface area contributed by atoms with E-state index in [-0.39, 0.29) is 13.2 Å². The molecule has 0 bridgehead atoms. The van der Waals surface area contributed by atoms with Crippen LogP contribution in [0.4, 0.5) is 0 Å². The molecule has 0 aliphatic carbocycles. The monoisotopic (exact) mass is 192 g/mol. The van der Waals surface area contributed by atoms with Gasteiger partial charge in [-0.2, -0.15) is 0 Å². The van der Waals surface area contributed by atoms with Crippen LogP contribution in [0.3, 0.4) is 0 Å². The van der Waals surface area contributed by atoms with E-state index in [1.54, 1.807) is 0 Å². The lowest BCUT2D eigenvalue weighted by Crippen LogP contribution is -2.33. The van der Waals surface area contributed by atoms with Crippen molar-refractivity contribution in [3.05, 3.63) is 0 Å². The molecule has 5 heteroatoms. The maximum atomic E-state index is 9.42. The van der Waals surface area contributed by atoms with Gasteiger partial charge in [-0.1, -0.05) is 0 Å². The zero-order chi connectivity index (χ0) is 9.84. The van der Waals surface area contributed by atoms with E-state index in [9.17, 15) is 10.2 Å². The molecule has 1 aliphatic rings. The summed E-state index contributed by atoms with van der Waals surface area (Å²) in [4.78, 5) is 0. The van der Waals surface area contributed by atoms with Gasteiger partial charge in [-0.05, 0) is 12.8 Å². The van der Waals surface area contributed by atoms with Crippen LogP contribution in [-0.2, 0) is 4.74 Å². The number of ether oxygens (including phenoxy) is 1. The Labute approximate surface area is 76.6 Å². The van der Waals surface area contributed by atoms with Gasteiger partial charge in [0, 0.05) is 6.61 Å². The molecule has 4 atom stereocenters. The summed E-state index contributed by atoms with van der Waals surface area (Å²) in [6, 6.07) is 0. The van der Waals surface area contributed by atoms with Gasteiger partial charge >= 0.3 is 0 Å². The molecule has 0 amide bonds. The molecule has 5 nitrogen and oxygen atoms in total. The number of hydrogen-bond donors (Lipinski definition) is 4. The van der Waals surface area contributed by atoms with Crippen LogP contribution in [0.1, 0.15) is 12.8 Å². The van der Waals surface area contributed by atoms with Crippen LogP contribution < -0.4 is 0 Å². The smallest absolute Gasteiger partial charge is 0.111 e. The fourth-order valence-corrected chi connectivity index (χ4v) is 1.51. The predicted molar refractivity (Wildman–Crippen MR) is 44.1 cm³/mol. The van der Waals surface area contributed by atoms with Gasteiger partial charge in [-0.15, -0.1) is 0 Å². The molecule has 13 heavy (non-hydrogen) atoms. The topological polar surface area (TPSA) is 90.2 Å². The second-order valence-electron chi connectivity index (χ2n) is 3.24. The van der Waals surface area contributed by atoms with E-state index in [0.29, 0.717) is 12.8 Å². The fraction of sp³-hybridized carbons (Fsp3) is 1.00. The third kappa shape index (κ3) is 2.38. The van der Waals surface area contributed by atoms with E-state index in [1.807, 2.05) is 0 Å². The average molecular weight is 192 g/mol. The van der Waals surface area contributed by atoms with Crippen molar-refractivity contribution in [2.75, 3.05) is 13.2 Å². The van der Waals surface area contributed by atoms with E-state index in [2.05, 4.69) is 0 Å². The van der Waals surface area contributed by atoms with Crippen molar-refractivity contribution in [1.82, 2.24) is 0 Å². The first kappa shape index (κ1) is 10.9. The Balaban J connectivity index is 2.40. The van der Waals surface area contributed by atoms with Gasteiger partial charge < -0.3 is 25.2 Å². The first-order valence-electron chi connectivity index (χ1n) is 4.44. The summed E-state index contributed by atoms with van der Waals surface area (Å²) in [5.74, 6) is 0. The molecule has 0 aromatic heterocycles. The Morgan fingerprint density at radius 1 is 1.00 bits per heavy atom. The molecule has 0 aromatic carbocycles. The molecule has 0 radical (unpaired) electrons. The number of hydrogen-bond acceptors (Lipinski definition) is 5. The van der Waals surface area contributed by atoms with Crippen molar-refractivity contribution >= 4 is 0 Å². The summed E-state index contributed by atoms with van der Waals surface area (Å²) in [6.45, 7) is -0.264. The SMILES string of the molecule is OCCC[C@H]1O[C@H](CO)[C@@H](O)[C@@H]1O. The molecule has 0 aromatic rings. The number of aliphatic hydroxyl groups excluding tert-OH is 4. The van der Waals surface area contributed by atoms with Crippen LogP contribution >= 0.6 is 0 Å². The lowest BCUT2D eigenvalue weighted by Gasteiger charge is -2.13. The van der Waals surface area contributed by atoms with Crippen molar-refractivity contribution in [1.29, 1.82) is 0 Å². The van der Waals surface area contributed by atoms with Gasteiger partial charge in [0.2, 0.25) is 0 Å². The van der Waals surface area contributed by atoms with E-state index in [4.69, 9.17) is 14.9 Å². The van der Waals surface area contributed by atoms with Crippen molar-refractivity contribution in [3.8, 4) is 0 Å². The number of rotatable bonds is 4. The van der Waals surface area contributed by atoms with Gasteiger partial charge in [0.05, 0.1) is 12.7 Å². The van der Waals surface area contributed by atoms with Crippen molar-refractivity contribution in [2.24, 2.45) is 0 Å². The third-order valence-electron chi connectivity index (χ3n) is 2.29. The highest BCUT2D eigenvalue weighted by Gasteiger charge is 2.41. The lowest BCUT2D eigenvalue weighted by molar-refractivity contribution is -0.0254. The molecule has 78 valence electrons. The van der Waals surface area contributed by atoms with Crippen molar-refractivity contribution in [2.45, 2.75) is 37.3 Å². The van der Waals surface area contributed by atoms with Gasteiger partial charge in [-0.3, -0.25) is 0 Å². The zero-order valence-electron chi connectivity index (χ0n) is 7.33. The molecule has 1 aliphatic heterocycles. The van der Waals surface area contributed by atoms with E-state index in [1.165, 1.54) is 0 Å². The second-order valence-corrected chi connectivity index (χ2v) is 3.24. The van der Waals surface area contributed by atoms with Crippen LogP contribution in [-0.4, -0.2) is 58.1 Å². The van der Waals surface area contributed by atoms with E-state index < -0.39 is 24.4 Å². The van der Waals surface area contributed by atoms with Gasteiger partial charge in [0.1, 0.15) is 18.3 Å². The molecule has 0 unspecified atom stereocenters. The second kappa shape index (κ2) is 4.88. The summed E-state index contributed by atoms with van der Waals surface area (Å²) < 4.78 is 5.18.